The van der Waals surface area contributed by atoms with Crippen molar-refractivity contribution in [1.82, 2.24) is 0 Å². The van der Waals surface area contributed by atoms with E-state index < -0.39 is 28.8 Å². The van der Waals surface area contributed by atoms with Gasteiger partial charge in [-0.3, -0.25) is 14.4 Å². The SMILES string of the molecule is CCCCCc1ccc(C(=O)[C@@H]2[C@@H](C(=O)C(C)(C)C)N3c4ccc(OC)cc4C=C[C@@H]3[C@@]23C(=O)Nc2ccccc23)cc1. The normalized spacial score (nSPS) is 23.5. The summed E-state index contributed by atoms with van der Waals surface area (Å²) in [5, 5.41) is 3.09. The first kappa shape index (κ1) is 28.9. The molecule has 1 amide bonds. The van der Waals surface area contributed by atoms with Crippen LogP contribution in [0.25, 0.3) is 6.08 Å². The maximum Gasteiger partial charge on any atom is 0.238 e. The fourth-order valence-corrected chi connectivity index (χ4v) is 7.32. The molecule has 0 aromatic heterocycles. The Bertz CT molecular complexity index is 1620. The third-order valence-electron chi connectivity index (χ3n) is 9.44. The zero-order valence-electron chi connectivity index (χ0n) is 25.6. The summed E-state index contributed by atoms with van der Waals surface area (Å²) in [4.78, 5) is 46.0. The molecule has 0 unspecified atom stereocenters. The lowest BCUT2D eigenvalue weighted by atomic mass is 9.63. The van der Waals surface area contributed by atoms with Crippen molar-refractivity contribution in [2.75, 3.05) is 17.3 Å². The number of carbonyl (C=O) groups excluding carboxylic acids is 3. The first-order valence-corrected chi connectivity index (χ1v) is 15.4. The zero-order chi connectivity index (χ0) is 30.5. The molecular formula is C37H40N2O4. The summed E-state index contributed by atoms with van der Waals surface area (Å²) in [6.45, 7) is 7.85. The molecule has 6 heteroatoms. The van der Waals surface area contributed by atoms with Crippen molar-refractivity contribution in [3.63, 3.8) is 0 Å². The predicted molar refractivity (Wildman–Crippen MR) is 171 cm³/mol. The Labute approximate surface area is 254 Å². The van der Waals surface area contributed by atoms with Crippen molar-refractivity contribution in [1.29, 1.82) is 0 Å². The topological polar surface area (TPSA) is 75.7 Å². The Morgan fingerprint density at radius 3 is 2.44 bits per heavy atom. The summed E-state index contributed by atoms with van der Waals surface area (Å²) in [5.74, 6) is -0.753. The molecular weight excluding hydrogens is 536 g/mol. The molecule has 4 atom stereocenters. The number of rotatable bonds is 8. The van der Waals surface area contributed by atoms with Gasteiger partial charge in [0.05, 0.1) is 19.1 Å². The first-order chi connectivity index (χ1) is 20.6. The molecule has 3 aliphatic heterocycles. The van der Waals surface area contributed by atoms with E-state index in [2.05, 4.69) is 12.2 Å². The monoisotopic (exact) mass is 576 g/mol. The highest BCUT2D eigenvalue weighted by Crippen LogP contribution is 2.58. The summed E-state index contributed by atoms with van der Waals surface area (Å²) in [5.41, 5.74) is 2.79. The maximum atomic E-state index is 14.9. The molecule has 43 heavy (non-hydrogen) atoms. The average molecular weight is 577 g/mol. The van der Waals surface area contributed by atoms with Crippen LogP contribution in [0, 0.1) is 11.3 Å². The molecule has 3 aromatic carbocycles. The number of fused-ring (bicyclic) bond motifs is 6. The predicted octanol–water partition coefficient (Wildman–Crippen LogP) is 7.02. The van der Waals surface area contributed by atoms with Crippen LogP contribution in [0.15, 0.2) is 72.8 Å². The second-order valence-corrected chi connectivity index (χ2v) is 13.1. The highest BCUT2D eigenvalue weighted by molar-refractivity contribution is 6.17. The van der Waals surface area contributed by atoms with Crippen LogP contribution in [-0.2, 0) is 21.4 Å². The molecule has 1 spiro atoms. The largest absolute Gasteiger partial charge is 0.497 e. The minimum absolute atomic E-state index is 0.0711. The Morgan fingerprint density at radius 1 is 1.00 bits per heavy atom. The van der Waals surface area contributed by atoms with E-state index in [1.165, 1.54) is 5.56 Å². The number of benzene rings is 3. The number of hydrogen-bond acceptors (Lipinski definition) is 5. The van der Waals surface area contributed by atoms with Crippen molar-refractivity contribution in [3.05, 3.63) is 95.1 Å². The molecule has 0 bridgehead atoms. The van der Waals surface area contributed by atoms with Crippen LogP contribution in [0.1, 0.15) is 74.0 Å². The summed E-state index contributed by atoms with van der Waals surface area (Å²) >= 11 is 0. The van der Waals surface area contributed by atoms with Crippen molar-refractivity contribution in [3.8, 4) is 5.75 Å². The highest BCUT2D eigenvalue weighted by Gasteiger charge is 2.70. The van der Waals surface area contributed by atoms with E-state index in [4.69, 9.17) is 4.74 Å². The van der Waals surface area contributed by atoms with Gasteiger partial charge in [-0.15, -0.1) is 0 Å². The van der Waals surface area contributed by atoms with E-state index >= 15 is 0 Å². The number of nitrogens with zero attached hydrogens (tertiary/aromatic N) is 1. The number of anilines is 2. The van der Waals surface area contributed by atoms with Gasteiger partial charge < -0.3 is 15.0 Å². The molecule has 1 fully saturated rings. The molecule has 1 saturated heterocycles. The minimum Gasteiger partial charge on any atom is -0.497 e. The molecule has 0 radical (unpaired) electrons. The van der Waals surface area contributed by atoms with Crippen molar-refractivity contribution in [2.45, 2.75) is 70.9 Å². The average Bonchev–Trinajstić information content (AvgIpc) is 3.48. The molecule has 1 N–H and O–H groups in total. The van der Waals surface area contributed by atoms with E-state index in [0.717, 1.165) is 42.5 Å². The number of hydrogen-bond donors (Lipinski definition) is 1. The third kappa shape index (κ3) is 4.50. The fraction of sp³-hybridized carbons (Fsp3) is 0.378. The van der Waals surface area contributed by atoms with Crippen LogP contribution in [0.2, 0.25) is 0 Å². The van der Waals surface area contributed by atoms with Gasteiger partial charge in [0.1, 0.15) is 17.2 Å². The number of ether oxygens (including phenoxy) is 1. The van der Waals surface area contributed by atoms with Crippen LogP contribution in [-0.4, -0.2) is 36.7 Å². The number of amides is 1. The second-order valence-electron chi connectivity index (χ2n) is 13.1. The Hall–Kier alpha value is -4.19. The highest BCUT2D eigenvalue weighted by atomic mass is 16.5. The summed E-state index contributed by atoms with van der Waals surface area (Å²) < 4.78 is 5.50. The second kappa shape index (κ2) is 10.8. The molecule has 6 rings (SSSR count). The van der Waals surface area contributed by atoms with Crippen LogP contribution < -0.4 is 15.0 Å². The van der Waals surface area contributed by atoms with Crippen molar-refractivity contribution >= 4 is 34.9 Å². The summed E-state index contributed by atoms with van der Waals surface area (Å²) in [6.07, 6.45) is 8.35. The van der Waals surface area contributed by atoms with Crippen molar-refractivity contribution < 1.29 is 19.1 Å². The smallest absolute Gasteiger partial charge is 0.238 e. The molecule has 3 heterocycles. The van der Waals surface area contributed by atoms with E-state index in [1.54, 1.807) is 7.11 Å². The number of nitrogens with one attached hydrogen (secondary N) is 1. The van der Waals surface area contributed by atoms with Gasteiger partial charge in [-0.1, -0.05) is 95.2 Å². The maximum absolute atomic E-state index is 14.9. The lowest BCUT2D eigenvalue weighted by Crippen LogP contribution is -2.51. The number of para-hydroxylation sites is 1. The van der Waals surface area contributed by atoms with Crippen LogP contribution in [0.4, 0.5) is 11.4 Å². The first-order valence-electron chi connectivity index (χ1n) is 15.4. The zero-order valence-corrected chi connectivity index (χ0v) is 25.6. The lowest BCUT2D eigenvalue weighted by Gasteiger charge is -2.38. The lowest BCUT2D eigenvalue weighted by molar-refractivity contribution is -0.128. The Morgan fingerprint density at radius 2 is 1.74 bits per heavy atom. The van der Waals surface area contributed by atoms with E-state index in [-0.39, 0.29) is 17.5 Å². The molecule has 3 aromatic rings. The number of Topliss-reactive ketones (excluding diaryl/α,β-unsaturated/α-hetero) is 2. The summed E-state index contributed by atoms with van der Waals surface area (Å²) in [6, 6.07) is 19.7. The standard InChI is InChI=1S/C37H40N2O4/c1-6-7-8-11-23-14-16-24(17-15-23)33(40)31-32(34(41)36(2,3)4)39-29-20-19-26(43-5)22-25(29)18-21-30(39)37(31)27-12-9-10-13-28(27)38-35(37)42/h9-10,12-22,30-32H,6-8,11H2,1-5H3,(H,38,42)/t30-,31+,32+,37-/m1/s1. The molecule has 0 aliphatic carbocycles. The van der Waals surface area contributed by atoms with Gasteiger partial charge in [-0.25, -0.2) is 0 Å². The van der Waals surface area contributed by atoms with Crippen LogP contribution in [0.3, 0.4) is 0 Å². The number of ketones is 2. The number of methoxy groups -OCH3 is 1. The van der Waals surface area contributed by atoms with Crippen molar-refractivity contribution in [2.24, 2.45) is 11.3 Å². The number of carbonyl (C=O) groups is 3. The van der Waals surface area contributed by atoms with Crippen LogP contribution in [0.5, 0.6) is 5.75 Å². The van der Waals surface area contributed by atoms with Gasteiger partial charge in [0.2, 0.25) is 5.91 Å². The minimum atomic E-state index is -1.30. The Balaban J connectivity index is 1.57. The quantitative estimate of drug-likeness (QED) is 0.231. The van der Waals surface area contributed by atoms with Gasteiger partial charge in [-0.05, 0) is 48.2 Å². The fourth-order valence-electron chi connectivity index (χ4n) is 7.32. The number of unbranched alkanes of at least 4 members (excludes halogenated alkanes) is 2. The van der Waals surface area contributed by atoms with E-state index in [9.17, 15) is 14.4 Å². The Kier molecular flexibility index (Phi) is 7.27. The molecule has 6 nitrogen and oxygen atoms in total. The molecule has 222 valence electrons. The van der Waals surface area contributed by atoms with Gasteiger partial charge in [0.25, 0.3) is 0 Å². The van der Waals surface area contributed by atoms with Gasteiger partial charge in [-0.2, -0.15) is 0 Å². The van der Waals surface area contributed by atoms with E-state index in [1.807, 2.05) is 105 Å². The number of aryl methyl sites for hydroxylation is 1. The third-order valence-corrected chi connectivity index (χ3v) is 9.44. The van der Waals surface area contributed by atoms with E-state index in [0.29, 0.717) is 17.0 Å². The van der Waals surface area contributed by atoms with Crippen LogP contribution >= 0.6 is 0 Å². The van der Waals surface area contributed by atoms with Gasteiger partial charge in [0, 0.05) is 27.9 Å². The van der Waals surface area contributed by atoms with Gasteiger partial charge >= 0.3 is 0 Å². The summed E-state index contributed by atoms with van der Waals surface area (Å²) in [7, 11) is 1.62. The molecule has 0 saturated carbocycles. The van der Waals surface area contributed by atoms with Gasteiger partial charge in [0.15, 0.2) is 11.6 Å². The molecule has 3 aliphatic rings.